The zero-order valence-corrected chi connectivity index (χ0v) is 12.0. The predicted molar refractivity (Wildman–Crippen MR) is 73.0 cm³/mol. The lowest BCUT2D eigenvalue weighted by molar-refractivity contribution is -0.137. The number of carbonyl (C=O) groups is 2. The SMILES string of the molecule is CC(CNC(=O)NC1CCN(C)CC1C)CC(=O)O. The molecule has 0 aromatic carbocycles. The number of aliphatic carboxylic acids is 1. The van der Waals surface area contributed by atoms with Crippen LogP contribution in [0.25, 0.3) is 0 Å². The molecule has 2 amide bonds. The van der Waals surface area contributed by atoms with E-state index in [1.165, 1.54) is 0 Å². The molecule has 1 saturated heterocycles. The number of urea groups is 1. The van der Waals surface area contributed by atoms with Gasteiger partial charge in [0.1, 0.15) is 0 Å². The maximum atomic E-state index is 11.7. The average molecular weight is 271 g/mol. The average Bonchev–Trinajstić information content (AvgIpc) is 2.29. The number of hydrogen-bond acceptors (Lipinski definition) is 3. The van der Waals surface area contributed by atoms with E-state index in [4.69, 9.17) is 5.11 Å². The largest absolute Gasteiger partial charge is 0.481 e. The Morgan fingerprint density at radius 2 is 2.16 bits per heavy atom. The lowest BCUT2D eigenvalue weighted by atomic mass is 9.94. The minimum absolute atomic E-state index is 0.0573. The summed E-state index contributed by atoms with van der Waals surface area (Å²) in [6.07, 6.45) is 1.03. The van der Waals surface area contributed by atoms with Crippen LogP contribution in [-0.4, -0.2) is 54.7 Å². The highest BCUT2D eigenvalue weighted by Crippen LogP contribution is 2.15. The van der Waals surface area contributed by atoms with Crippen LogP contribution in [0.5, 0.6) is 0 Å². The van der Waals surface area contributed by atoms with Gasteiger partial charge in [-0.3, -0.25) is 4.79 Å². The number of carboxylic acids is 1. The first-order valence-electron chi connectivity index (χ1n) is 6.83. The van der Waals surface area contributed by atoms with E-state index >= 15 is 0 Å². The number of likely N-dealkylation sites (tertiary alicyclic amines) is 1. The molecule has 0 bridgehead atoms. The zero-order chi connectivity index (χ0) is 14.4. The van der Waals surface area contributed by atoms with Gasteiger partial charge in [0, 0.05) is 25.6 Å². The van der Waals surface area contributed by atoms with Crippen molar-refractivity contribution in [3.05, 3.63) is 0 Å². The van der Waals surface area contributed by atoms with Crippen LogP contribution in [0.15, 0.2) is 0 Å². The number of piperidine rings is 1. The van der Waals surface area contributed by atoms with Gasteiger partial charge in [0.15, 0.2) is 0 Å². The molecule has 1 aliphatic heterocycles. The van der Waals surface area contributed by atoms with Gasteiger partial charge in [-0.25, -0.2) is 4.79 Å². The van der Waals surface area contributed by atoms with Crippen molar-refractivity contribution in [3.8, 4) is 0 Å². The lowest BCUT2D eigenvalue weighted by Gasteiger charge is -2.35. The Labute approximate surface area is 114 Å². The van der Waals surface area contributed by atoms with Gasteiger partial charge in [-0.2, -0.15) is 0 Å². The number of carbonyl (C=O) groups excluding carboxylic acids is 1. The van der Waals surface area contributed by atoms with E-state index in [1.54, 1.807) is 0 Å². The van der Waals surface area contributed by atoms with Crippen LogP contribution in [0.3, 0.4) is 0 Å². The van der Waals surface area contributed by atoms with Crippen LogP contribution >= 0.6 is 0 Å². The summed E-state index contributed by atoms with van der Waals surface area (Å²) in [5.41, 5.74) is 0. The number of nitrogens with one attached hydrogen (secondary N) is 2. The van der Waals surface area contributed by atoms with E-state index in [9.17, 15) is 9.59 Å². The molecule has 0 radical (unpaired) electrons. The van der Waals surface area contributed by atoms with E-state index in [2.05, 4.69) is 29.5 Å². The summed E-state index contributed by atoms with van der Waals surface area (Å²) in [4.78, 5) is 24.5. The second-order valence-electron chi connectivity index (χ2n) is 5.69. The molecule has 110 valence electrons. The van der Waals surface area contributed by atoms with Crippen LogP contribution in [0.1, 0.15) is 26.7 Å². The first-order valence-corrected chi connectivity index (χ1v) is 6.83. The maximum absolute atomic E-state index is 11.7. The fourth-order valence-corrected chi connectivity index (χ4v) is 2.43. The molecule has 3 N–H and O–H groups in total. The molecule has 1 rings (SSSR count). The van der Waals surface area contributed by atoms with E-state index in [0.717, 1.165) is 19.5 Å². The number of rotatable bonds is 5. The molecule has 0 aromatic rings. The molecule has 0 saturated carbocycles. The highest BCUT2D eigenvalue weighted by molar-refractivity contribution is 5.74. The molecule has 19 heavy (non-hydrogen) atoms. The Balaban J connectivity index is 2.25. The van der Waals surface area contributed by atoms with Crippen LogP contribution < -0.4 is 10.6 Å². The van der Waals surface area contributed by atoms with Crippen molar-refractivity contribution >= 4 is 12.0 Å². The van der Waals surface area contributed by atoms with Crippen molar-refractivity contribution in [3.63, 3.8) is 0 Å². The fourth-order valence-electron chi connectivity index (χ4n) is 2.43. The van der Waals surface area contributed by atoms with Crippen molar-refractivity contribution in [2.75, 3.05) is 26.7 Å². The van der Waals surface area contributed by atoms with Crippen molar-refractivity contribution in [2.45, 2.75) is 32.7 Å². The summed E-state index contributed by atoms with van der Waals surface area (Å²) >= 11 is 0. The third-order valence-corrected chi connectivity index (χ3v) is 3.56. The van der Waals surface area contributed by atoms with Crippen LogP contribution in [0.2, 0.25) is 0 Å². The second kappa shape index (κ2) is 7.33. The Kier molecular flexibility index (Phi) is 6.08. The molecule has 6 nitrogen and oxygen atoms in total. The van der Waals surface area contributed by atoms with E-state index in [-0.39, 0.29) is 24.4 Å². The molecular weight excluding hydrogens is 246 g/mol. The molecule has 1 fully saturated rings. The van der Waals surface area contributed by atoms with E-state index in [1.807, 2.05) is 6.92 Å². The quantitative estimate of drug-likeness (QED) is 0.689. The van der Waals surface area contributed by atoms with Crippen LogP contribution in [0.4, 0.5) is 4.79 Å². The van der Waals surface area contributed by atoms with Crippen molar-refractivity contribution in [1.82, 2.24) is 15.5 Å². The molecule has 3 unspecified atom stereocenters. The number of carboxylic acid groups (broad SMARTS) is 1. The summed E-state index contributed by atoms with van der Waals surface area (Å²) in [6.45, 7) is 6.31. The van der Waals surface area contributed by atoms with Gasteiger partial charge in [0.2, 0.25) is 0 Å². The Morgan fingerprint density at radius 3 is 2.74 bits per heavy atom. The third-order valence-electron chi connectivity index (χ3n) is 3.56. The van der Waals surface area contributed by atoms with Gasteiger partial charge in [0.05, 0.1) is 0 Å². The molecule has 1 aliphatic rings. The Hall–Kier alpha value is -1.30. The molecule has 0 aliphatic carbocycles. The van der Waals surface area contributed by atoms with Gasteiger partial charge in [0.25, 0.3) is 0 Å². The van der Waals surface area contributed by atoms with Gasteiger partial charge in [-0.1, -0.05) is 13.8 Å². The normalized spacial score (nSPS) is 25.6. The smallest absolute Gasteiger partial charge is 0.315 e. The summed E-state index contributed by atoms with van der Waals surface area (Å²) in [5, 5.41) is 14.4. The molecule has 0 aromatic heterocycles. The van der Waals surface area contributed by atoms with Crippen molar-refractivity contribution < 1.29 is 14.7 Å². The van der Waals surface area contributed by atoms with Crippen LogP contribution in [0, 0.1) is 11.8 Å². The lowest BCUT2D eigenvalue weighted by Crippen LogP contribution is -2.51. The molecule has 0 spiro atoms. The summed E-state index contributed by atoms with van der Waals surface area (Å²) < 4.78 is 0. The first-order chi connectivity index (χ1) is 8.88. The van der Waals surface area contributed by atoms with E-state index < -0.39 is 5.97 Å². The molecule has 6 heteroatoms. The number of amides is 2. The highest BCUT2D eigenvalue weighted by atomic mass is 16.4. The summed E-state index contributed by atoms with van der Waals surface area (Å²) in [6, 6.07) is 0.00428. The third kappa shape index (κ3) is 5.92. The number of hydrogen-bond donors (Lipinski definition) is 3. The van der Waals surface area contributed by atoms with Crippen LogP contribution in [-0.2, 0) is 4.79 Å². The van der Waals surface area contributed by atoms with Crippen molar-refractivity contribution in [1.29, 1.82) is 0 Å². The Morgan fingerprint density at radius 1 is 1.47 bits per heavy atom. The van der Waals surface area contributed by atoms with Gasteiger partial charge in [-0.05, 0) is 31.8 Å². The maximum Gasteiger partial charge on any atom is 0.315 e. The highest BCUT2D eigenvalue weighted by Gasteiger charge is 2.25. The fraction of sp³-hybridized carbons (Fsp3) is 0.846. The van der Waals surface area contributed by atoms with Crippen molar-refractivity contribution in [2.24, 2.45) is 11.8 Å². The van der Waals surface area contributed by atoms with Gasteiger partial charge >= 0.3 is 12.0 Å². The second-order valence-corrected chi connectivity index (χ2v) is 5.69. The first kappa shape index (κ1) is 15.8. The minimum atomic E-state index is -0.835. The molecular formula is C13H25N3O3. The Bertz CT molecular complexity index is 322. The van der Waals surface area contributed by atoms with Gasteiger partial charge in [-0.15, -0.1) is 0 Å². The topological polar surface area (TPSA) is 81.7 Å². The minimum Gasteiger partial charge on any atom is -0.481 e. The zero-order valence-electron chi connectivity index (χ0n) is 12.0. The molecule has 1 heterocycles. The predicted octanol–water partition coefficient (Wildman–Crippen LogP) is 0.737. The summed E-state index contributed by atoms with van der Waals surface area (Å²) in [7, 11) is 2.08. The summed E-state index contributed by atoms with van der Waals surface area (Å²) in [5.74, 6) is -0.460. The van der Waals surface area contributed by atoms with Gasteiger partial charge < -0.3 is 20.6 Å². The molecule has 3 atom stereocenters. The number of nitrogens with zero attached hydrogens (tertiary/aromatic N) is 1. The van der Waals surface area contributed by atoms with E-state index in [0.29, 0.717) is 12.5 Å². The standard InChI is InChI=1S/C13H25N3O3/c1-9(6-12(17)18)7-14-13(19)15-11-4-5-16(3)8-10(11)2/h9-11H,4-8H2,1-3H3,(H,17,18)(H2,14,15,19). The monoisotopic (exact) mass is 271 g/mol.